The fourth-order valence-electron chi connectivity index (χ4n) is 2.07. The molecule has 2 rings (SSSR count). The summed E-state index contributed by atoms with van der Waals surface area (Å²) in [5.41, 5.74) is 0.262. The van der Waals surface area contributed by atoms with Crippen molar-refractivity contribution in [3.63, 3.8) is 0 Å². The lowest BCUT2D eigenvalue weighted by Crippen LogP contribution is -2.31. The van der Waals surface area contributed by atoms with Crippen LogP contribution in [0.2, 0.25) is 0 Å². The van der Waals surface area contributed by atoms with Crippen molar-refractivity contribution < 1.29 is 17.6 Å². The number of carbonyl (C=O) groups is 1. The van der Waals surface area contributed by atoms with Crippen LogP contribution < -0.4 is 0 Å². The van der Waals surface area contributed by atoms with Crippen LogP contribution in [0.4, 0.5) is 0 Å². The first-order chi connectivity index (χ1) is 10.9. The quantitative estimate of drug-likeness (QED) is 0.809. The molecule has 0 aliphatic rings. The molecule has 7 heteroatoms. The molecular weight excluding hydrogens is 316 g/mol. The van der Waals surface area contributed by atoms with Gasteiger partial charge in [-0.05, 0) is 30.3 Å². The van der Waals surface area contributed by atoms with Crippen molar-refractivity contribution in [2.75, 3.05) is 12.8 Å². The van der Waals surface area contributed by atoms with Crippen molar-refractivity contribution in [2.45, 2.75) is 17.9 Å². The minimum atomic E-state index is -3.39. The largest absolute Gasteiger partial charge is 0.467 e. The van der Waals surface area contributed by atoms with Crippen molar-refractivity contribution in [1.82, 2.24) is 4.90 Å². The zero-order chi connectivity index (χ0) is 16.9. The van der Waals surface area contributed by atoms with Crippen LogP contribution in [0, 0.1) is 11.3 Å². The number of sulfone groups is 1. The second kappa shape index (κ2) is 7.11. The molecule has 23 heavy (non-hydrogen) atoms. The van der Waals surface area contributed by atoms with E-state index in [2.05, 4.69) is 0 Å². The van der Waals surface area contributed by atoms with Crippen LogP contribution in [0.25, 0.3) is 0 Å². The highest BCUT2D eigenvalue weighted by atomic mass is 32.2. The number of hydrogen-bond acceptors (Lipinski definition) is 5. The number of rotatable bonds is 6. The normalized spacial score (nSPS) is 11.0. The van der Waals surface area contributed by atoms with Crippen LogP contribution >= 0.6 is 0 Å². The van der Waals surface area contributed by atoms with Gasteiger partial charge in [-0.25, -0.2) is 8.42 Å². The van der Waals surface area contributed by atoms with Gasteiger partial charge in [0.15, 0.2) is 9.84 Å². The topological polar surface area (TPSA) is 91.4 Å². The summed E-state index contributed by atoms with van der Waals surface area (Å²) in [5.74, 6) is 0.248. The van der Waals surface area contributed by atoms with E-state index in [4.69, 9.17) is 9.68 Å². The Kier molecular flexibility index (Phi) is 5.19. The fraction of sp³-hybridized carbons (Fsp3) is 0.250. The van der Waals surface area contributed by atoms with E-state index in [9.17, 15) is 13.2 Å². The third-order valence-corrected chi connectivity index (χ3v) is 4.33. The molecule has 0 saturated carbocycles. The van der Waals surface area contributed by atoms with Crippen LogP contribution in [0.3, 0.4) is 0 Å². The van der Waals surface area contributed by atoms with E-state index < -0.39 is 9.84 Å². The highest BCUT2D eigenvalue weighted by Gasteiger charge is 2.19. The Labute approximate surface area is 134 Å². The van der Waals surface area contributed by atoms with E-state index in [1.165, 1.54) is 29.4 Å². The second-order valence-electron chi connectivity index (χ2n) is 5.01. The molecule has 2 aromatic rings. The maximum absolute atomic E-state index is 12.6. The first-order valence-electron chi connectivity index (χ1n) is 6.90. The number of nitriles is 1. The van der Waals surface area contributed by atoms with Crippen molar-refractivity contribution >= 4 is 15.7 Å². The SMILES string of the molecule is CS(=O)(=O)c1cccc(C(=O)N(CCC#N)Cc2ccco2)c1. The highest BCUT2D eigenvalue weighted by molar-refractivity contribution is 7.90. The molecule has 1 aromatic carbocycles. The van der Waals surface area contributed by atoms with E-state index in [1.807, 2.05) is 6.07 Å². The van der Waals surface area contributed by atoms with Gasteiger partial charge in [-0.3, -0.25) is 4.79 Å². The maximum Gasteiger partial charge on any atom is 0.254 e. The van der Waals surface area contributed by atoms with Gasteiger partial charge in [0.1, 0.15) is 5.76 Å². The predicted octanol–water partition coefficient (Wildman–Crippen LogP) is 2.24. The molecule has 0 aliphatic heterocycles. The standard InChI is InChI=1S/C16H16N2O4S/c1-23(20,21)15-7-2-5-13(11-15)16(19)18(9-4-8-17)12-14-6-3-10-22-14/h2-3,5-7,10-11H,4,9,12H2,1H3. The lowest BCUT2D eigenvalue weighted by atomic mass is 10.2. The molecule has 0 atom stereocenters. The number of nitrogens with zero attached hydrogens (tertiary/aromatic N) is 2. The molecular formula is C16H16N2O4S. The van der Waals surface area contributed by atoms with Gasteiger partial charge in [0.2, 0.25) is 0 Å². The summed E-state index contributed by atoms with van der Waals surface area (Å²) in [6.07, 6.45) is 2.78. The van der Waals surface area contributed by atoms with E-state index in [0.29, 0.717) is 5.76 Å². The minimum absolute atomic E-state index is 0.0848. The van der Waals surface area contributed by atoms with Crippen molar-refractivity contribution in [3.05, 3.63) is 54.0 Å². The molecule has 1 heterocycles. The Morgan fingerprint density at radius 3 is 2.70 bits per heavy atom. The number of furan rings is 1. The van der Waals surface area contributed by atoms with Crippen LogP contribution in [0.1, 0.15) is 22.5 Å². The summed E-state index contributed by atoms with van der Waals surface area (Å²) in [4.78, 5) is 14.2. The Morgan fingerprint density at radius 2 is 2.09 bits per heavy atom. The Morgan fingerprint density at radius 1 is 1.30 bits per heavy atom. The molecule has 1 aromatic heterocycles. The molecule has 0 aliphatic carbocycles. The predicted molar refractivity (Wildman–Crippen MR) is 83.2 cm³/mol. The van der Waals surface area contributed by atoms with Gasteiger partial charge < -0.3 is 9.32 Å². The molecule has 0 saturated heterocycles. The molecule has 0 bridgehead atoms. The second-order valence-corrected chi connectivity index (χ2v) is 7.03. The van der Waals surface area contributed by atoms with Crippen LogP contribution in [-0.4, -0.2) is 32.0 Å². The lowest BCUT2D eigenvalue weighted by Gasteiger charge is -2.20. The molecule has 120 valence electrons. The van der Waals surface area contributed by atoms with Crippen LogP contribution in [0.15, 0.2) is 52.0 Å². The summed E-state index contributed by atoms with van der Waals surface area (Å²) < 4.78 is 28.5. The Hall–Kier alpha value is -2.59. The number of benzene rings is 1. The van der Waals surface area contributed by atoms with Crippen LogP contribution in [-0.2, 0) is 16.4 Å². The molecule has 0 unspecified atom stereocenters. The summed E-state index contributed by atoms with van der Waals surface area (Å²) >= 11 is 0. The van der Waals surface area contributed by atoms with Gasteiger partial charge in [-0.2, -0.15) is 5.26 Å². The zero-order valence-corrected chi connectivity index (χ0v) is 13.4. The van der Waals surface area contributed by atoms with E-state index in [1.54, 1.807) is 18.2 Å². The molecule has 0 fully saturated rings. The van der Waals surface area contributed by atoms with Crippen molar-refractivity contribution in [1.29, 1.82) is 5.26 Å². The summed E-state index contributed by atoms with van der Waals surface area (Å²) in [6, 6.07) is 11.3. The van der Waals surface area contributed by atoms with Gasteiger partial charge >= 0.3 is 0 Å². The first-order valence-corrected chi connectivity index (χ1v) is 8.79. The number of carbonyl (C=O) groups excluding carboxylic acids is 1. The van der Waals surface area contributed by atoms with Crippen molar-refractivity contribution in [2.24, 2.45) is 0 Å². The zero-order valence-electron chi connectivity index (χ0n) is 12.6. The smallest absolute Gasteiger partial charge is 0.254 e. The summed E-state index contributed by atoms with van der Waals surface area (Å²) in [5, 5.41) is 8.75. The average Bonchev–Trinajstić information content (AvgIpc) is 3.03. The van der Waals surface area contributed by atoms with Gasteiger partial charge in [-0.1, -0.05) is 6.07 Å². The van der Waals surface area contributed by atoms with Crippen LogP contribution in [0.5, 0.6) is 0 Å². The molecule has 0 spiro atoms. The lowest BCUT2D eigenvalue weighted by molar-refractivity contribution is 0.0735. The Balaban J connectivity index is 2.28. The van der Waals surface area contributed by atoms with Gasteiger partial charge in [0, 0.05) is 18.4 Å². The molecule has 6 nitrogen and oxygen atoms in total. The van der Waals surface area contributed by atoms with Gasteiger partial charge in [-0.15, -0.1) is 0 Å². The number of amides is 1. The molecule has 0 radical (unpaired) electrons. The number of hydrogen-bond donors (Lipinski definition) is 0. The Bertz CT molecular complexity index is 820. The fourth-order valence-corrected chi connectivity index (χ4v) is 2.74. The van der Waals surface area contributed by atoms with Crippen molar-refractivity contribution in [3.8, 4) is 6.07 Å². The van der Waals surface area contributed by atoms with E-state index in [-0.39, 0.29) is 35.9 Å². The third kappa shape index (κ3) is 4.44. The summed E-state index contributed by atoms with van der Waals surface area (Å²) in [6.45, 7) is 0.454. The molecule has 0 N–H and O–H groups in total. The monoisotopic (exact) mass is 332 g/mol. The van der Waals surface area contributed by atoms with E-state index >= 15 is 0 Å². The third-order valence-electron chi connectivity index (χ3n) is 3.22. The van der Waals surface area contributed by atoms with Gasteiger partial charge in [0.25, 0.3) is 5.91 Å². The molecule has 1 amide bonds. The first kappa shape index (κ1) is 16.8. The van der Waals surface area contributed by atoms with E-state index in [0.717, 1.165) is 6.26 Å². The summed E-state index contributed by atoms with van der Waals surface area (Å²) in [7, 11) is -3.39. The minimum Gasteiger partial charge on any atom is -0.467 e. The van der Waals surface area contributed by atoms with Gasteiger partial charge in [0.05, 0.1) is 30.2 Å². The average molecular weight is 332 g/mol. The highest BCUT2D eigenvalue weighted by Crippen LogP contribution is 2.15. The maximum atomic E-state index is 12.6.